The van der Waals surface area contributed by atoms with E-state index in [-0.39, 0.29) is 6.04 Å². The molecule has 2 heterocycles. The van der Waals surface area contributed by atoms with Crippen LogP contribution in [0.5, 0.6) is 0 Å². The van der Waals surface area contributed by atoms with Crippen molar-refractivity contribution in [2.75, 3.05) is 6.54 Å². The lowest BCUT2D eigenvalue weighted by molar-refractivity contribution is 0.556. The fraction of sp³-hybridized carbons (Fsp3) is 0.500. The third kappa shape index (κ3) is 0.847. The second kappa shape index (κ2) is 2.30. The highest BCUT2D eigenvalue weighted by Gasteiger charge is 2.17. The van der Waals surface area contributed by atoms with Crippen LogP contribution in [0.3, 0.4) is 0 Å². The highest BCUT2D eigenvalue weighted by Crippen LogP contribution is 2.22. The normalized spacial score (nSPS) is 24.3. The molecule has 1 aromatic rings. The molecule has 54 valence electrons. The minimum Gasteiger partial charge on any atom is -0.322 e. The van der Waals surface area contributed by atoms with Crippen LogP contribution in [0.4, 0.5) is 0 Å². The Morgan fingerprint density at radius 2 is 2.70 bits per heavy atom. The summed E-state index contributed by atoms with van der Waals surface area (Å²) >= 11 is 1.66. The van der Waals surface area contributed by atoms with E-state index in [0.29, 0.717) is 0 Å². The summed E-state index contributed by atoms with van der Waals surface area (Å²) in [6, 6.07) is 0.163. The molecule has 0 aromatic carbocycles. The first kappa shape index (κ1) is 6.27. The molecule has 2 rings (SSSR count). The Hall–Kier alpha value is -0.450. The Morgan fingerprint density at radius 1 is 1.80 bits per heavy atom. The average molecular weight is 155 g/mol. The van der Waals surface area contributed by atoms with Gasteiger partial charge in [-0.2, -0.15) is 0 Å². The quantitative estimate of drug-likeness (QED) is 0.564. The molecule has 3 N–H and O–H groups in total. The first-order chi connectivity index (χ1) is 4.88. The third-order valence-corrected chi connectivity index (χ3v) is 2.67. The monoisotopic (exact) mass is 155 g/mol. The molecular formula is C6H9N3S. The van der Waals surface area contributed by atoms with Crippen LogP contribution < -0.4 is 11.1 Å². The molecule has 1 aliphatic rings. The second-order valence-corrected chi connectivity index (χ2v) is 3.29. The van der Waals surface area contributed by atoms with Crippen molar-refractivity contribution in [3.63, 3.8) is 0 Å². The lowest BCUT2D eigenvalue weighted by atomic mass is 10.1. The molecule has 10 heavy (non-hydrogen) atoms. The Labute approximate surface area is 63.3 Å². The number of nitrogens with one attached hydrogen (secondary N) is 1. The molecule has 0 saturated carbocycles. The lowest BCUT2D eigenvalue weighted by Crippen LogP contribution is -2.31. The van der Waals surface area contributed by atoms with Crippen LogP contribution in [0.15, 0.2) is 5.51 Å². The van der Waals surface area contributed by atoms with Gasteiger partial charge in [0.25, 0.3) is 0 Å². The first-order valence-corrected chi connectivity index (χ1v) is 4.14. The smallest absolute Gasteiger partial charge is 0.0798 e. The zero-order valence-electron chi connectivity index (χ0n) is 5.50. The molecule has 1 aliphatic heterocycles. The van der Waals surface area contributed by atoms with Crippen molar-refractivity contribution >= 4 is 11.3 Å². The highest BCUT2D eigenvalue weighted by molar-refractivity contribution is 7.09. The van der Waals surface area contributed by atoms with Crippen LogP contribution in [0.25, 0.3) is 0 Å². The van der Waals surface area contributed by atoms with E-state index in [9.17, 15) is 0 Å². The number of rotatable bonds is 0. The van der Waals surface area contributed by atoms with E-state index in [4.69, 9.17) is 5.73 Å². The summed E-state index contributed by atoms with van der Waals surface area (Å²) in [7, 11) is 0. The zero-order valence-corrected chi connectivity index (χ0v) is 6.32. The molecule has 0 radical (unpaired) electrons. The Bertz CT molecular complexity index is 233. The molecule has 0 saturated heterocycles. The van der Waals surface area contributed by atoms with Gasteiger partial charge < -0.3 is 11.1 Å². The second-order valence-electron chi connectivity index (χ2n) is 2.40. The standard InChI is InChI=1S/C6H9N3S/c7-4-1-8-2-5-6(4)10-3-9-5/h3-4,8H,1-2,7H2. The van der Waals surface area contributed by atoms with Gasteiger partial charge in [-0.25, -0.2) is 4.98 Å². The zero-order chi connectivity index (χ0) is 6.97. The topological polar surface area (TPSA) is 50.9 Å². The summed E-state index contributed by atoms with van der Waals surface area (Å²) in [6.07, 6.45) is 0. The highest BCUT2D eigenvalue weighted by atomic mass is 32.1. The SMILES string of the molecule is NC1CNCc2ncsc21. The van der Waals surface area contributed by atoms with Gasteiger partial charge in [0.1, 0.15) is 0 Å². The Morgan fingerprint density at radius 3 is 3.50 bits per heavy atom. The van der Waals surface area contributed by atoms with Crippen molar-refractivity contribution in [1.29, 1.82) is 0 Å². The number of fused-ring (bicyclic) bond motifs is 1. The van der Waals surface area contributed by atoms with Gasteiger partial charge in [0, 0.05) is 18.0 Å². The Balaban J connectivity index is 2.41. The van der Waals surface area contributed by atoms with Crippen LogP contribution in [0, 0.1) is 0 Å². The van der Waals surface area contributed by atoms with Gasteiger partial charge in [0.2, 0.25) is 0 Å². The van der Waals surface area contributed by atoms with Gasteiger partial charge in [0.05, 0.1) is 17.2 Å². The number of nitrogens with zero attached hydrogens (tertiary/aromatic N) is 1. The number of hydrogen-bond acceptors (Lipinski definition) is 4. The maximum Gasteiger partial charge on any atom is 0.0798 e. The van der Waals surface area contributed by atoms with Crippen molar-refractivity contribution in [2.24, 2.45) is 5.73 Å². The molecule has 0 bridgehead atoms. The van der Waals surface area contributed by atoms with Gasteiger partial charge in [0.15, 0.2) is 0 Å². The molecule has 0 aliphatic carbocycles. The maximum absolute atomic E-state index is 5.80. The maximum atomic E-state index is 5.80. The van der Waals surface area contributed by atoms with Gasteiger partial charge in [-0.05, 0) is 0 Å². The van der Waals surface area contributed by atoms with Crippen LogP contribution in [0.2, 0.25) is 0 Å². The summed E-state index contributed by atoms with van der Waals surface area (Å²) in [6.45, 7) is 1.77. The van der Waals surface area contributed by atoms with Crippen LogP contribution in [-0.2, 0) is 6.54 Å². The van der Waals surface area contributed by atoms with E-state index < -0.39 is 0 Å². The van der Waals surface area contributed by atoms with Gasteiger partial charge in [-0.3, -0.25) is 0 Å². The fourth-order valence-corrected chi connectivity index (χ4v) is 1.96. The van der Waals surface area contributed by atoms with E-state index in [1.165, 1.54) is 4.88 Å². The van der Waals surface area contributed by atoms with E-state index in [2.05, 4.69) is 10.3 Å². The Kier molecular flexibility index (Phi) is 1.44. The summed E-state index contributed by atoms with van der Waals surface area (Å²) in [4.78, 5) is 5.43. The van der Waals surface area contributed by atoms with Crippen molar-refractivity contribution in [1.82, 2.24) is 10.3 Å². The third-order valence-electron chi connectivity index (χ3n) is 1.67. The van der Waals surface area contributed by atoms with E-state index in [1.807, 2.05) is 5.51 Å². The molecule has 4 heteroatoms. The number of thiazole rings is 1. The molecule has 0 spiro atoms. The van der Waals surface area contributed by atoms with Crippen molar-refractivity contribution in [2.45, 2.75) is 12.6 Å². The number of aromatic nitrogens is 1. The first-order valence-electron chi connectivity index (χ1n) is 3.26. The van der Waals surface area contributed by atoms with Gasteiger partial charge in [-0.15, -0.1) is 11.3 Å². The lowest BCUT2D eigenvalue weighted by Gasteiger charge is -2.17. The molecule has 1 atom stereocenters. The van der Waals surface area contributed by atoms with Gasteiger partial charge >= 0.3 is 0 Å². The van der Waals surface area contributed by atoms with Crippen LogP contribution >= 0.6 is 11.3 Å². The van der Waals surface area contributed by atoms with Crippen LogP contribution in [0.1, 0.15) is 16.6 Å². The molecule has 0 amide bonds. The molecule has 3 nitrogen and oxygen atoms in total. The minimum absolute atomic E-state index is 0.163. The van der Waals surface area contributed by atoms with E-state index >= 15 is 0 Å². The predicted molar refractivity (Wildman–Crippen MR) is 40.7 cm³/mol. The number of nitrogens with two attached hydrogens (primary N) is 1. The summed E-state index contributed by atoms with van der Waals surface area (Å²) in [5, 5.41) is 3.20. The molecule has 0 fully saturated rings. The fourth-order valence-electron chi connectivity index (χ4n) is 1.15. The van der Waals surface area contributed by atoms with Crippen molar-refractivity contribution < 1.29 is 0 Å². The average Bonchev–Trinajstić information content (AvgIpc) is 2.36. The summed E-state index contributed by atoms with van der Waals surface area (Å²) < 4.78 is 0. The van der Waals surface area contributed by atoms with E-state index in [1.54, 1.807) is 11.3 Å². The molecular weight excluding hydrogens is 146 g/mol. The summed E-state index contributed by atoms with van der Waals surface area (Å²) in [5.41, 5.74) is 8.79. The van der Waals surface area contributed by atoms with Crippen LogP contribution in [-0.4, -0.2) is 11.5 Å². The largest absolute Gasteiger partial charge is 0.322 e. The summed E-state index contributed by atoms with van der Waals surface area (Å²) in [5.74, 6) is 0. The van der Waals surface area contributed by atoms with Gasteiger partial charge in [-0.1, -0.05) is 0 Å². The molecule has 1 aromatic heterocycles. The molecule has 1 unspecified atom stereocenters. The van der Waals surface area contributed by atoms with Crippen molar-refractivity contribution in [3.8, 4) is 0 Å². The minimum atomic E-state index is 0.163. The van der Waals surface area contributed by atoms with E-state index in [0.717, 1.165) is 18.8 Å². The predicted octanol–water partition coefficient (Wildman–Crippen LogP) is 0.246. The van der Waals surface area contributed by atoms with Crippen molar-refractivity contribution in [3.05, 3.63) is 16.1 Å². The number of hydrogen-bond donors (Lipinski definition) is 2.